The van der Waals surface area contributed by atoms with Crippen molar-refractivity contribution in [1.29, 1.82) is 0 Å². The van der Waals surface area contributed by atoms with Gasteiger partial charge in [-0.1, -0.05) is 11.6 Å². The number of rotatable bonds is 4. The zero-order valence-corrected chi connectivity index (χ0v) is 12.8. The molecule has 0 amide bonds. The summed E-state index contributed by atoms with van der Waals surface area (Å²) in [5.74, 6) is -1.39. The number of pyridine rings is 1. The van der Waals surface area contributed by atoms with E-state index in [0.717, 1.165) is 18.2 Å². The fourth-order valence-electron chi connectivity index (χ4n) is 1.62. The molecule has 1 heterocycles. The number of benzene rings is 1. The summed E-state index contributed by atoms with van der Waals surface area (Å²) in [4.78, 5) is 14.9. The van der Waals surface area contributed by atoms with E-state index in [9.17, 15) is 17.6 Å². The lowest BCUT2D eigenvalue weighted by Crippen LogP contribution is -2.15. The van der Waals surface area contributed by atoms with Gasteiger partial charge < -0.3 is 4.74 Å². The number of ether oxygens (including phenoxy) is 1. The number of hydrogen-bond donors (Lipinski definition) is 1. The molecule has 0 fully saturated rings. The van der Waals surface area contributed by atoms with Crippen LogP contribution in [0.15, 0.2) is 41.4 Å². The summed E-state index contributed by atoms with van der Waals surface area (Å²) in [5.41, 5.74) is 0.125. The summed E-state index contributed by atoms with van der Waals surface area (Å²) in [6.07, 6.45) is 1.25. The van der Waals surface area contributed by atoms with E-state index in [0.29, 0.717) is 0 Å². The van der Waals surface area contributed by atoms with Gasteiger partial charge in [0.1, 0.15) is 16.5 Å². The Balaban J connectivity index is 2.35. The zero-order valence-electron chi connectivity index (χ0n) is 11.2. The first-order chi connectivity index (χ1) is 10.3. The molecule has 2 aromatic rings. The highest BCUT2D eigenvalue weighted by Crippen LogP contribution is 2.24. The van der Waals surface area contributed by atoms with Crippen LogP contribution in [0.25, 0.3) is 0 Å². The lowest BCUT2D eigenvalue weighted by atomic mass is 10.3. The molecule has 1 aromatic carbocycles. The van der Waals surface area contributed by atoms with Crippen molar-refractivity contribution in [2.24, 2.45) is 0 Å². The first-order valence-electron chi connectivity index (χ1n) is 5.86. The number of hydrogen-bond acceptors (Lipinski definition) is 5. The Morgan fingerprint density at radius 3 is 2.68 bits per heavy atom. The molecule has 1 N–H and O–H groups in total. The molecule has 0 atom stereocenters. The standard InChI is InChI=1S/C13H10ClFN2O4S/c1-21-13(18)8-4-5-16-12(6-8)17-22(19,20)11-3-2-9(15)7-10(11)14/h2-7H,1H3,(H,16,17). The number of carbonyl (C=O) groups is 1. The molecule has 0 aliphatic carbocycles. The number of sulfonamides is 1. The minimum absolute atomic E-state index is 0.0942. The maximum Gasteiger partial charge on any atom is 0.338 e. The Morgan fingerprint density at radius 1 is 1.32 bits per heavy atom. The molecule has 22 heavy (non-hydrogen) atoms. The highest BCUT2D eigenvalue weighted by atomic mass is 35.5. The fourth-order valence-corrected chi connectivity index (χ4v) is 3.15. The molecule has 0 saturated heterocycles. The zero-order chi connectivity index (χ0) is 16.3. The van der Waals surface area contributed by atoms with Crippen molar-refractivity contribution in [3.05, 3.63) is 52.9 Å². The molecule has 0 saturated carbocycles. The smallest absolute Gasteiger partial charge is 0.338 e. The Kier molecular flexibility index (Phi) is 4.62. The Morgan fingerprint density at radius 2 is 2.05 bits per heavy atom. The van der Waals surface area contributed by atoms with Gasteiger partial charge in [0.25, 0.3) is 10.0 Å². The molecule has 2 rings (SSSR count). The molecule has 0 radical (unpaired) electrons. The second-order valence-corrected chi connectivity index (χ2v) is 6.16. The molecule has 0 aliphatic heterocycles. The van der Waals surface area contributed by atoms with Crippen molar-refractivity contribution in [1.82, 2.24) is 4.98 Å². The summed E-state index contributed by atoms with van der Waals surface area (Å²) in [5, 5.41) is -0.267. The topological polar surface area (TPSA) is 85.4 Å². The normalized spacial score (nSPS) is 11.0. The van der Waals surface area contributed by atoms with Gasteiger partial charge in [0.2, 0.25) is 0 Å². The van der Waals surface area contributed by atoms with Crippen molar-refractivity contribution in [3.63, 3.8) is 0 Å². The van der Waals surface area contributed by atoms with Crippen molar-refractivity contribution in [2.45, 2.75) is 4.90 Å². The highest BCUT2D eigenvalue weighted by molar-refractivity contribution is 7.92. The van der Waals surface area contributed by atoms with Gasteiger partial charge in [-0.05, 0) is 30.3 Å². The predicted octanol–water partition coefficient (Wildman–Crippen LogP) is 2.46. The Hall–Kier alpha value is -2.19. The molecule has 0 unspecified atom stereocenters. The minimum atomic E-state index is -4.07. The molecule has 0 aliphatic rings. The molecular weight excluding hydrogens is 335 g/mol. The third-order valence-corrected chi connectivity index (χ3v) is 4.44. The van der Waals surface area contributed by atoms with Crippen LogP contribution < -0.4 is 4.72 Å². The van der Waals surface area contributed by atoms with Gasteiger partial charge in [0, 0.05) is 6.20 Å². The molecule has 1 aromatic heterocycles. The quantitative estimate of drug-likeness (QED) is 0.861. The van der Waals surface area contributed by atoms with Crippen molar-refractivity contribution in [2.75, 3.05) is 11.8 Å². The summed E-state index contributed by atoms with van der Waals surface area (Å²) >= 11 is 5.73. The SMILES string of the molecule is COC(=O)c1ccnc(NS(=O)(=O)c2ccc(F)cc2Cl)c1. The fraction of sp³-hybridized carbons (Fsp3) is 0.0769. The second-order valence-electron chi connectivity index (χ2n) is 4.10. The third-order valence-electron chi connectivity index (χ3n) is 2.60. The summed E-state index contributed by atoms with van der Waals surface area (Å²) in [7, 11) is -2.87. The van der Waals surface area contributed by atoms with Gasteiger partial charge in [-0.3, -0.25) is 4.72 Å². The number of halogens is 2. The van der Waals surface area contributed by atoms with Gasteiger partial charge in [0.05, 0.1) is 17.7 Å². The number of aromatic nitrogens is 1. The molecule has 9 heteroatoms. The minimum Gasteiger partial charge on any atom is -0.465 e. The van der Waals surface area contributed by atoms with E-state index in [-0.39, 0.29) is 21.3 Å². The number of nitrogens with one attached hydrogen (secondary N) is 1. The Labute approximate surface area is 130 Å². The van der Waals surface area contributed by atoms with E-state index in [4.69, 9.17) is 11.6 Å². The number of anilines is 1. The average molecular weight is 345 g/mol. The van der Waals surface area contributed by atoms with Gasteiger partial charge in [-0.2, -0.15) is 0 Å². The van der Waals surface area contributed by atoms with Crippen molar-refractivity contribution in [3.8, 4) is 0 Å². The molecule has 0 bridgehead atoms. The van der Waals surface area contributed by atoms with E-state index in [1.165, 1.54) is 25.4 Å². The van der Waals surface area contributed by atoms with Crippen LogP contribution in [0, 0.1) is 5.82 Å². The van der Waals surface area contributed by atoms with Crippen molar-refractivity contribution >= 4 is 33.4 Å². The Bertz CT molecular complexity index is 827. The molecule has 6 nitrogen and oxygen atoms in total. The first kappa shape index (κ1) is 16.2. The third kappa shape index (κ3) is 3.52. The van der Waals surface area contributed by atoms with Crippen LogP contribution in [0.5, 0.6) is 0 Å². The highest BCUT2D eigenvalue weighted by Gasteiger charge is 2.19. The summed E-state index contributed by atoms with van der Waals surface area (Å²) in [6.45, 7) is 0. The largest absolute Gasteiger partial charge is 0.465 e. The van der Waals surface area contributed by atoms with Crippen LogP contribution in [-0.2, 0) is 14.8 Å². The van der Waals surface area contributed by atoms with E-state index in [2.05, 4.69) is 14.4 Å². The predicted molar refractivity (Wildman–Crippen MR) is 77.8 cm³/mol. The van der Waals surface area contributed by atoms with Crippen LogP contribution in [0.2, 0.25) is 5.02 Å². The van der Waals surface area contributed by atoms with Crippen LogP contribution in [0.1, 0.15) is 10.4 Å². The van der Waals surface area contributed by atoms with Crippen LogP contribution in [0.4, 0.5) is 10.2 Å². The van der Waals surface area contributed by atoms with Crippen LogP contribution in [0.3, 0.4) is 0 Å². The maximum absolute atomic E-state index is 13.0. The molecule has 116 valence electrons. The average Bonchev–Trinajstić information content (AvgIpc) is 2.45. The van der Waals surface area contributed by atoms with E-state index >= 15 is 0 Å². The summed E-state index contributed by atoms with van der Waals surface area (Å²) in [6, 6.07) is 5.46. The number of carbonyl (C=O) groups excluding carboxylic acids is 1. The van der Waals surface area contributed by atoms with Gasteiger partial charge in [-0.25, -0.2) is 22.6 Å². The lowest BCUT2D eigenvalue weighted by molar-refractivity contribution is 0.0600. The molecule has 0 spiro atoms. The molecular formula is C13H10ClFN2O4S. The summed E-state index contributed by atoms with van der Waals surface area (Å²) < 4.78 is 44.1. The van der Waals surface area contributed by atoms with E-state index in [1.807, 2.05) is 0 Å². The van der Waals surface area contributed by atoms with Gasteiger partial charge in [0.15, 0.2) is 0 Å². The van der Waals surface area contributed by atoms with E-state index in [1.54, 1.807) is 0 Å². The lowest BCUT2D eigenvalue weighted by Gasteiger charge is -2.09. The first-order valence-corrected chi connectivity index (χ1v) is 7.72. The van der Waals surface area contributed by atoms with Gasteiger partial charge in [-0.15, -0.1) is 0 Å². The van der Waals surface area contributed by atoms with Crippen LogP contribution in [-0.4, -0.2) is 26.5 Å². The maximum atomic E-state index is 13.0. The monoisotopic (exact) mass is 344 g/mol. The van der Waals surface area contributed by atoms with Crippen LogP contribution >= 0.6 is 11.6 Å². The van der Waals surface area contributed by atoms with E-state index < -0.39 is 21.8 Å². The van der Waals surface area contributed by atoms with Crippen molar-refractivity contribution < 1.29 is 22.3 Å². The van der Waals surface area contributed by atoms with Gasteiger partial charge >= 0.3 is 5.97 Å². The number of nitrogens with zero attached hydrogens (tertiary/aromatic N) is 1. The second kappa shape index (κ2) is 6.29. The number of methoxy groups -OCH3 is 1. The number of esters is 1.